The van der Waals surface area contributed by atoms with E-state index in [0.717, 1.165) is 23.2 Å². The summed E-state index contributed by atoms with van der Waals surface area (Å²) in [5.41, 5.74) is 4.36. The van der Waals surface area contributed by atoms with Gasteiger partial charge >= 0.3 is 0 Å². The number of alkyl halides is 1. The Kier molecular flexibility index (Phi) is 4.97. The highest BCUT2D eigenvalue weighted by molar-refractivity contribution is 5.72. The molecule has 4 rings (SSSR count). The molecule has 0 spiro atoms. The van der Waals surface area contributed by atoms with Gasteiger partial charge in [0.05, 0.1) is 13.2 Å². The van der Waals surface area contributed by atoms with E-state index in [9.17, 15) is 9.50 Å². The molecule has 2 N–H and O–H groups in total. The van der Waals surface area contributed by atoms with Gasteiger partial charge in [0.15, 0.2) is 5.82 Å². The molecule has 2 aromatic rings. The summed E-state index contributed by atoms with van der Waals surface area (Å²) in [6.45, 7) is 4.21. The SMILES string of the molecule is Cc1ccc(-c2nnc(N[C@@H]3C[C@H](F)CN(C)C3)c3c2CCOC3)c(O)c1. The van der Waals surface area contributed by atoms with Crippen LogP contribution in [0.2, 0.25) is 0 Å². The van der Waals surface area contributed by atoms with Crippen molar-refractivity contribution in [2.24, 2.45) is 0 Å². The molecule has 3 heterocycles. The van der Waals surface area contributed by atoms with Crippen molar-refractivity contribution < 1.29 is 14.2 Å². The van der Waals surface area contributed by atoms with Gasteiger partial charge in [-0.15, -0.1) is 10.2 Å². The number of halogens is 1. The van der Waals surface area contributed by atoms with Gasteiger partial charge in [0.1, 0.15) is 17.6 Å². The Labute approximate surface area is 158 Å². The monoisotopic (exact) mass is 372 g/mol. The van der Waals surface area contributed by atoms with Crippen molar-refractivity contribution in [1.82, 2.24) is 15.1 Å². The molecule has 27 heavy (non-hydrogen) atoms. The maximum absolute atomic E-state index is 13.9. The highest BCUT2D eigenvalue weighted by atomic mass is 19.1. The first-order chi connectivity index (χ1) is 13.0. The first-order valence-corrected chi connectivity index (χ1v) is 9.36. The lowest BCUT2D eigenvalue weighted by molar-refractivity contribution is 0.110. The largest absolute Gasteiger partial charge is 0.507 e. The van der Waals surface area contributed by atoms with E-state index in [-0.39, 0.29) is 11.8 Å². The Morgan fingerprint density at radius 2 is 2.11 bits per heavy atom. The number of rotatable bonds is 3. The van der Waals surface area contributed by atoms with Crippen molar-refractivity contribution in [2.75, 3.05) is 32.1 Å². The summed E-state index contributed by atoms with van der Waals surface area (Å²) in [5.74, 6) is 0.862. The first kappa shape index (κ1) is 18.1. The van der Waals surface area contributed by atoms with E-state index in [4.69, 9.17) is 4.74 Å². The van der Waals surface area contributed by atoms with Crippen molar-refractivity contribution in [3.8, 4) is 17.0 Å². The van der Waals surface area contributed by atoms with Gasteiger partial charge in [0.25, 0.3) is 0 Å². The van der Waals surface area contributed by atoms with Crippen LogP contribution in [-0.4, -0.2) is 59.2 Å². The third kappa shape index (κ3) is 3.75. The lowest BCUT2D eigenvalue weighted by atomic mass is 9.96. The fraction of sp³-hybridized carbons (Fsp3) is 0.500. The molecule has 0 saturated carbocycles. The zero-order valence-electron chi connectivity index (χ0n) is 15.7. The quantitative estimate of drug-likeness (QED) is 0.863. The number of likely N-dealkylation sites (tertiary alicyclic amines) is 1. The minimum Gasteiger partial charge on any atom is -0.507 e. The summed E-state index contributed by atoms with van der Waals surface area (Å²) in [6, 6.07) is 5.54. The van der Waals surface area contributed by atoms with Crippen molar-refractivity contribution in [3.63, 3.8) is 0 Å². The Hall–Kier alpha value is -2.25. The number of nitrogens with one attached hydrogen (secondary N) is 1. The average Bonchev–Trinajstić information content (AvgIpc) is 2.62. The summed E-state index contributed by atoms with van der Waals surface area (Å²) in [5, 5.41) is 22.6. The van der Waals surface area contributed by atoms with Gasteiger partial charge in [-0.05, 0) is 43.7 Å². The number of likely N-dealkylation sites (N-methyl/N-ethyl adjacent to an activating group) is 1. The van der Waals surface area contributed by atoms with Crippen LogP contribution in [0, 0.1) is 6.92 Å². The predicted octanol–water partition coefficient (Wildman–Crippen LogP) is 2.68. The number of aryl methyl sites for hydroxylation is 1. The van der Waals surface area contributed by atoms with Gasteiger partial charge in [-0.25, -0.2) is 4.39 Å². The Morgan fingerprint density at radius 3 is 2.89 bits per heavy atom. The number of hydrogen-bond acceptors (Lipinski definition) is 6. The van der Waals surface area contributed by atoms with E-state index in [1.54, 1.807) is 6.07 Å². The summed E-state index contributed by atoms with van der Waals surface area (Å²) >= 11 is 0. The number of aromatic hydroxyl groups is 1. The second kappa shape index (κ2) is 7.40. The normalized spacial score (nSPS) is 23.1. The maximum Gasteiger partial charge on any atom is 0.154 e. The molecular formula is C20H25FN4O2. The topological polar surface area (TPSA) is 70.5 Å². The van der Waals surface area contributed by atoms with Crippen molar-refractivity contribution in [1.29, 1.82) is 0 Å². The second-order valence-corrected chi connectivity index (χ2v) is 7.57. The number of phenols is 1. The predicted molar refractivity (Wildman–Crippen MR) is 102 cm³/mol. The minimum absolute atomic E-state index is 0.0160. The number of phenolic OH excluding ortho intramolecular Hbond substituents is 1. The van der Waals surface area contributed by atoms with Crippen LogP contribution >= 0.6 is 0 Å². The van der Waals surface area contributed by atoms with Gasteiger partial charge in [-0.1, -0.05) is 6.07 Å². The van der Waals surface area contributed by atoms with Crippen LogP contribution in [0.1, 0.15) is 23.1 Å². The van der Waals surface area contributed by atoms with E-state index in [1.165, 1.54) is 0 Å². The molecule has 0 bridgehead atoms. The molecule has 1 fully saturated rings. The molecular weight excluding hydrogens is 347 g/mol. The van der Waals surface area contributed by atoms with E-state index in [0.29, 0.717) is 49.7 Å². The molecule has 1 saturated heterocycles. The molecule has 0 unspecified atom stereocenters. The molecule has 2 aliphatic rings. The van der Waals surface area contributed by atoms with Crippen LogP contribution in [0.5, 0.6) is 5.75 Å². The highest BCUT2D eigenvalue weighted by Gasteiger charge is 2.28. The number of aromatic nitrogens is 2. The average molecular weight is 372 g/mol. The molecule has 2 atom stereocenters. The highest BCUT2D eigenvalue weighted by Crippen LogP contribution is 2.36. The first-order valence-electron chi connectivity index (χ1n) is 9.36. The molecule has 0 radical (unpaired) electrons. The van der Waals surface area contributed by atoms with Crippen molar-refractivity contribution in [2.45, 2.75) is 38.6 Å². The van der Waals surface area contributed by atoms with Crippen molar-refractivity contribution >= 4 is 5.82 Å². The summed E-state index contributed by atoms with van der Waals surface area (Å²) in [7, 11) is 1.92. The van der Waals surface area contributed by atoms with Crippen LogP contribution in [0.3, 0.4) is 0 Å². The van der Waals surface area contributed by atoms with Gasteiger partial charge in [-0.2, -0.15) is 0 Å². The van der Waals surface area contributed by atoms with Crippen LogP contribution in [-0.2, 0) is 17.8 Å². The standard InChI is InChI=1S/C20H25FN4O2/c1-12-3-4-16(18(26)7-12)19-15-5-6-27-11-17(15)20(24-23-19)22-14-8-13(21)9-25(2)10-14/h3-4,7,13-14,26H,5-6,8-11H2,1-2H3,(H,22,24)/t13-,14+/m0/s1. The molecule has 1 aromatic heterocycles. The van der Waals surface area contributed by atoms with Gasteiger partial charge in [0, 0.05) is 36.7 Å². The fourth-order valence-corrected chi connectivity index (χ4v) is 4.00. The van der Waals surface area contributed by atoms with Crippen molar-refractivity contribution in [3.05, 3.63) is 34.9 Å². The molecule has 6 nitrogen and oxygen atoms in total. The number of fused-ring (bicyclic) bond motifs is 1. The molecule has 1 aromatic carbocycles. The smallest absolute Gasteiger partial charge is 0.154 e. The number of hydrogen-bond donors (Lipinski definition) is 2. The number of benzene rings is 1. The zero-order chi connectivity index (χ0) is 19.0. The number of nitrogens with zero attached hydrogens (tertiary/aromatic N) is 3. The van der Waals surface area contributed by atoms with Crippen LogP contribution in [0.15, 0.2) is 18.2 Å². The van der Waals surface area contributed by atoms with E-state index in [1.807, 2.05) is 31.0 Å². The summed E-state index contributed by atoms with van der Waals surface area (Å²) < 4.78 is 19.6. The molecule has 0 aliphatic carbocycles. The van der Waals surface area contributed by atoms with Crippen LogP contribution < -0.4 is 5.32 Å². The minimum atomic E-state index is -0.843. The van der Waals surface area contributed by atoms with Gasteiger partial charge < -0.3 is 20.1 Å². The van der Waals surface area contributed by atoms with Crippen LogP contribution in [0.4, 0.5) is 10.2 Å². The third-order valence-electron chi connectivity index (χ3n) is 5.26. The molecule has 144 valence electrons. The van der Waals surface area contributed by atoms with Crippen LogP contribution in [0.25, 0.3) is 11.3 Å². The van der Waals surface area contributed by atoms with E-state index < -0.39 is 6.17 Å². The molecule has 2 aliphatic heterocycles. The summed E-state index contributed by atoms with van der Waals surface area (Å²) in [6.07, 6.45) is 0.325. The number of anilines is 1. The lowest BCUT2D eigenvalue weighted by Crippen LogP contribution is -2.45. The molecule has 7 heteroatoms. The van der Waals surface area contributed by atoms with E-state index >= 15 is 0 Å². The van der Waals surface area contributed by atoms with Gasteiger partial charge in [0.2, 0.25) is 0 Å². The fourth-order valence-electron chi connectivity index (χ4n) is 4.00. The van der Waals surface area contributed by atoms with Gasteiger partial charge in [-0.3, -0.25) is 0 Å². The molecule has 0 amide bonds. The third-order valence-corrected chi connectivity index (χ3v) is 5.26. The Morgan fingerprint density at radius 1 is 1.26 bits per heavy atom. The maximum atomic E-state index is 13.9. The number of ether oxygens (including phenoxy) is 1. The zero-order valence-corrected chi connectivity index (χ0v) is 15.7. The Bertz CT molecular complexity index is 835. The second-order valence-electron chi connectivity index (χ2n) is 7.57. The number of piperidine rings is 1. The summed E-state index contributed by atoms with van der Waals surface area (Å²) in [4.78, 5) is 1.99. The van der Waals surface area contributed by atoms with E-state index in [2.05, 4.69) is 15.5 Å². The lowest BCUT2D eigenvalue weighted by Gasteiger charge is -2.33. The Balaban J connectivity index is 1.69.